The SMILES string of the molecule is COC(=O)c1c(O)cc(O)c(Cl)c1CCC[C@H]1Oc2cc(OC)c(O)cc2NC1=O. The zero-order valence-corrected chi connectivity index (χ0v) is 16.9. The molecule has 1 atom stereocenters. The van der Waals surface area contributed by atoms with Crippen molar-refractivity contribution < 1.29 is 39.1 Å². The summed E-state index contributed by atoms with van der Waals surface area (Å²) in [5, 5.41) is 32.3. The van der Waals surface area contributed by atoms with Crippen LogP contribution in [0.3, 0.4) is 0 Å². The fourth-order valence-corrected chi connectivity index (χ4v) is 3.47. The predicted molar refractivity (Wildman–Crippen MR) is 107 cm³/mol. The summed E-state index contributed by atoms with van der Waals surface area (Å²) in [4.78, 5) is 24.3. The van der Waals surface area contributed by atoms with E-state index in [1.54, 1.807) is 0 Å². The van der Waals surface area contributed by atoms with Crippen LogP contribution in [-0.4, -0.2) is 47.5 Å². The van der Waals surface area contributed by atoms with Gasteiger partial charge in [0.25, 0.3) is 5.91 Å². The summed E-state index contributed by atoms with van der Waals surface area (Å²) in [5.41, 5.74) is 0.396. The molecule has 4 N–H and O–H groups in total. The third-order valence-corrected chi connectivity index (χ3v) is 5.13. The monoisotopic (exact) mass is 437 g/mol. The first-order chi connectivity index (χ1) is 14.3. The molecule has 160 valence electrons. The van der Waals surface area contributed by atoms with Gasteiger partial charge in [-0.1, -0.05) is 11.6 Å². The highest BCUT2D eigenvalue weighted by Crippen LogP contribution is 2.41. The smallest absolute Gasteiger partial charge is 0.341 e. The van der Waals surface area contributed by atoms with E-state index in [4.69, 9.17) is 21.1 Å². The highest BCUT2D eigenvalue weighted by molar-refractivity contribution is 6.33. The van der Waals surface area contributed by atoms with Crippen LogP contribution in [-0.2, 0) is 16.0 Å². The molecule has 0 aromatic heterocycles. The standard InChI is InChI=1S/C20H20ClNO8/c1-28-16-8-15-10(6-11(16)23)22-19(26)14(30-15)5-3-4-9-17(20(27)29-2)12(24)7-13(25)18(9)21/h6-8,14,23-25H,3-5H2,1-2H3,(H,22,26)/t14-/m1/s1. The van der Waals surface area contributed by atoms with Crippen LogP contribution in [0.1, 0.15) is 28.8 Å². The average molecular weight is 438 g/mol. The van der Waals surface area contributed by atoms with Gasteiger partial charge in [-0.25, -0.2) is 4.79 Å². The van der Waals surface area contributed by atoms with Gasteiger partial charge in [0.1, 0.15) is 22.8 Å². The van der Waals surface area contributed by atoms with Crippen LogP contribution in [0.2, 0.25) is 5.02 Å². The molecule has 0 bridgehead atoms. The van der Waals surface area contributed by atoms with E-state index in [1.165, 1.54) is 19.2 Å². The Morgan fingerprint density at radius 2 is 1.90 bits per heavy atom. The highest BCUT2D eigenvalue weighted by atomic mass is 35.5. The van der Waals surface area contributed by atoms with Crippen LogP contribution in [0.5, 0.6) is 28.7 Å². The summed E-state index contributed by atoms with van der Waals surface area (Å²) in [6.45, 7) is 0. The number of hydrogen-bond donors (Lipinski definition) is 4. The van der Waals surface area contributed by atoms with Gasteiger partial charge in [-0.05, 0) is 24.8 Å². The molecule has 1 aliphatic rings. The van der Waals surface area contributed by atoms with Crippen molar-refractivity contribution in [2.45, 2.75) is 25.4 Å². The van der Waals surface area contributed by atoms with Crippen LogP contribution in [0.25, 0.3) is 0 Å². The van der Waals surface area contributed by atoms with Crippen molar-refractivity contribution >= 4 is 29.2 Å². The topological polar surface area (TPSA) is 135 Å². The second-order valence-electron chi connectivity index (χ2n) is 6.58. The summed E-state index contributed by atoms with van der Waals surface area (Å²) in [6.07, 6.45) is -0.0701. The third kappa shape index (κ3) is 4.02. The van der Waals surface area contributed by atoms with E-state index in [1.807, 2.05) is 0 Å². The molecule has 9 nitrogen and oxygen atoms in total. The number of hydrogen-bond acceptors (Lipinski definition) is 8. The van der Waals surface area contributed by atoms with Crippen molar-refractivity contribution in [2.24, 2.45) is 0 Å². The Balaban J connectivity index is 1.76. The summed E-state index contributed by atoms with van der Waals surface area (Å²) >= 11 is 6.12. The number of fused-ring (bicyclic) bond motifs is 1. The average Bonchev–Trinajstić information content (AvgIpc) is 2.71. The number of phenolic OH excluding ortho intramolecular Hbond substituents is 3. The van der Waals surface area contributed by atoms with Gasteiger partial charge in [-0.2, -0.15) is 0 Å². The number of aromatic hydroxyl groups is 3. The number of carbonyl (C=O) groups excluding carboxylic acids is 2. The number of ether oxygens (including phenoxy) is 3. The van der Waals surface area contributed by atoms with E-state index >= 15 is 0 Å². The Morgan fingerprint density at radius 3 is 2.57 bits per heavy atom. The molecule has 0 unspecified atom stereocenters. The van der Waals surface area contributed by atoms with Gasteiger partial charge in [0, 0.05) is 18.2 Å². The predicted octanol–water partition coefficient (Wildman–Crippen LogP) is 2.97. The Labute approximate surface area is 176 Å². The van der Waals surface area contributed by atoms with Crippen molar-refractivity contribution in [3.63, 3.8) is 0 Å². The first-order valence-electron chi connectivity index (χ1n) is 8.97. The Morgan fingerprint density at radius 1 is 1.17 bits per heavy atom. The molecule has 3 rings (SSSR count). The maximum atomic E-state index is 12.3. The lowest BCUT2D eigenvalue weighted by Gasteiger charge is -2.26. The summed E-state index contributed by atoms with van der Waals surface area (Å²) in [6, 6.07) is 3.77. The third-order valence-electron chi connectivity index (χ3n) is 4.70. The van der Waals surface area contributed by atoms with Gasteiger partial charge >= 0.3 is 5.97 Å². The molecule has 0 saturated carbocycles. The van der Waals surface area contributed by atoms with Gasteiger partial charge < -0.3 is 34.8 Å². The minimum Gasteiger partial charge on any atom is -0.507 e. The number of methoxy groups -OCH3 is 2. The fraction of sp³-hybridized carbons (Fsp3) is 0.300. The van der Waals surface area contributed by atoms with Crippen LogP contribution in [0, 0.1) is 0 Å². The maximum Gasteiger partial charge on any atom is 0.341 e. The zero-order chi connectivity index (χ0) is 22.0. The molecule has 0 saturated heterocycles. The normalized spacial score (nSPS) is 15.0. The maximum absolute atomic E-state index is 12.3. The molecular formula is C20H20ClNO8. The first kappa shape index (κ1) is 21.4. The molecule has 1 heterocycles. The van der Waals surface area contributed by atoms with E-state index in [9.17, 15) is 24.9 Å². The van der Waals surface area contributed by atoms with Crippen LogP contribution in [0.15, 0.2) is 18.2 Å². The molecule has 30 heavy (non-hydrogen) atoms. The van der Waals surface area contributed by atoms with E-state index < -0.39 is 23.7 Å². The van der Waals surface area contributed by atoms with Gasteiger partial charge in [0.15, 0.2) is 17.6 Å². The number of phenols is 3. The lowest BCUT2D eigenvalue weighted by Crippen LogP contribution is -2.37. The number of anilines is 1. The number of benzene rings is 2. The van der Waals surface area contributed by atoms with E-state index in [0.717, 1.165) is 13.2 Å². The van der Waals surface area contributed by atoms with Crippen molar-refractivity contribution in [1.29, 1.82) is 0 Å². The first-order valence-corrected chi connectivity index (χ1v) is 9.34. The molecule has 0 fully saturated rings. The Bertz CT molecular complexity index is 1010. The van der Waals surface area contributed by atoms with Gasteiger partial charge in [0.05, 0.1) is 24.9 Å². The van der Waals surface area contributed by atoms with Crippen molar-refractivity contribution in [3.05, 3.63) is 34.3 Å². The Hall–Kier alpha value is -3.33. The quantitative estimate of drug-likeness (QED) is 0.506. The number of carbonyl (C=O) groups is 2. The molecule has 2 aromatic carbocycles. The summed E-state index contributed by atoms with van der Waals surface area (Å²) < 4.78 is 15.5. The number of amides is 1. The van der Waals surface area contributed by atoms with Crippen LogP contribution < -0.4 is 14.8 Å². The lowest BCUT2D eigenvalue weighted by molar-refractivity contribution is -0.123. The van der Waals surface area contributed by atoms with Gasteiger partial charge in [-0.3, -0.25) is 4.79 Å². The molecule has 1 aliphatic heterocycles. The minimum absolute atomic E-state index is 0.0761. The van der Waals surface area contributed by atoms with Crippen molar-refractivity contribution in [1.82, 2.24) is 0 Å². The van der Waals surface area contributed by atoms with Gasteiger partial charge in [-0.15, -0.1) is 0 Å². The Kier molecular flexibility index (Phi) is 6.12. The fourth-order valence-electron chi connectivity index (χ4n) is 3.23. The van der Waals surface area contributed by atoms with Crippen LogP contribution in [0.4, 0.5) is 5.69 Å². The molecule has 1 amide bonds. The number of rotatable bonds is 6. The lowest BCUT2D eigenvalue weighted by atomic mass is 9.98. The molecular weight excluding hydrogens is 418 g/mol. The van der Waals surface area contributed by atoms with E-state index in [-0.39, 0.29) is 46.2 Å². The van der Waals surface area contributed by atoms with Crippen molar-refractivity contribution in [2.75, 3.05) is 19.5 Å². The second kappa shape index (κ2) is 8.58. The molecule has 0 aliphatic carbocycles. The van der Waals surface area contributed by atoms with Gasteiger partial charge in [0.2, 0.25) is 0 Å². The molecule has 0 radical (unpaired) electrons. The number of nitrogens with one attached hydrogen (secondary N) is 1. The summed E-state index contributed by atoms with van der Waals surface area (Å²) in [7, 11) is 2.56. The van der Waals surface area contributed by atoms with Crippen LogP contribution >= 0.6 is 11.6 Å². The summed E-state index contributed by atoms with van der Waals surface area (Å²) in [5.74, 6) is -1.60. The highest BCUT2D eigenvalue weighted by Gasteiger charge is 2.29. The number of halogens is 1. The van der Waals surface area contributed by atoms with E-state index in [0.29, 0.717) is 17.9 Å². The molecule has 10 heteroatoms. The minimum atomic E-state index is -0.835. The van der Waals surface area contributed by atoms with Crippen molar-refractivity contribution in [3.8, 4) is 28.7 Å². The number of esters is 1. The van der Waals surface area contributed by atoms with E-state index in [2.05, 4.69) is 10.1 Å². The second-order valence-corrected chi connectivity index (χ2v) is 6.96. The zero-order valence-electron chi connectivity index (χ0n) is 16.2. The largest absolute Gasteiger partial charge is 0.507 e. The molecule has 0 spiro atoms. The molecule has 2 aromatic rings.